The summed E-state index contributed by atoms with van der Waals surface area (Å²) in [5.74, 6) is -0.354. The highest BCUT2D eigenvalue weighted by atomic mass is 16.5. The van der Waals surface area contributed by atoms with Crippen molar-refractivity contribution in [1.82, 2.24) is 0 Å². The van der Waals surface area contributed by atoms with Crippen LogP contribution in [0.4, 0.5) is 0 Å². The Bertz CT molecular complexity index is 693. The molecule has 5 nitrogen and oxygen atoms in total. The number of aryl methyl sites for hydroxylation is 1. The van der Waals surface area contributed by atoms with Crippen LogP contribution in [0.25, 0.3) is 0 Å². The minimum Gasteiger partial charge on any atom is -0.472 e. The zero-order valence-corrected chi connectivity index (χ0v) is 14.8. The van der Waals surface area contributed by atoms with Gasteiger partial charge in [0.25, 0.3) is 0 Å². The van der Waals surface area contributed by atoms with Crippen molar-refractivity contribution in [3.05, 3.63) is 35.8 Å². The van der Waals surface area contributed by atoms with Crippen LogP contribution in [0, 0.1) is 22.7 Å². The summed E-state index contributed by atoms with van der Waals surface area (Å²) in [5, 5.41) is 21.7. The predicted molar refractivity (Wildman–Crippen MR) is 90.5 cm³/mol. The van der Waals surface area contributed by atoms with Crippen molar-refractivity contribution in [2.45, 2.75) is 51.7 Å². The number of hydrogen-bond donors (Lipinski definition) is 2. The Balaban J connectivity index is 1.74. The maximum absolute atomic E-state index is 12.2. The fourth-order valence-electron chi connectivity index (χ4n) is 5.71. The van der Waals surface area contributed by atoms with E-state index in [1.165, 1.54) is 0 Å². The molecule has 2 N–H and O–H groups in total. The number of esters is 1. The molecule has 0 aromatic carbocycles. The molecule has 1 saturated heterocycles. The highest BCUT2D eigenvalue weighted by molar-refractivity contribution is 5.92. The number of ether oxygens (including phenoxy) is 1. The van der Waals surface area contributed by atoms with E-state index in [1.807, 2.05) is 12.1 Å². The van der Waals surface area contributed by atoms with Gasteiger partial charge in [0, 0.05) is 16.9 Å². The van der Waals surface area contributed by atoms with Crippen LogP contribution < -0.4 is 0 Å². The average molecular weight is 346 g/mol. The highest BCUT2D eigenvalue weighted by Crippen LogP contribution is 2.63. The number of hydrogen-bond acceptors (Lipinski definition) is 5. The fourth-order valence-corrected chi connectivity index (χ4v) is 5.71. The summed E-state index contributed by atoms with van der Waals surface area (Å²) in [4.78, 5) is 12.2. The summed E-state index contributed by atoms with van der Waals surface area (Å²) in [5.41, 5.74) is 0.916. The molecule has 4 rings (SSSR count). The van der Waals surface area contributed by atoms with Gasteiger partial charge >= 0.3 is 5.97 Å². The Morgan fingerprint density at radius 1 is 1.32 bits per heavy atom. The first kappa shape index (κ1) is 16.9. The standard InChI is InChI=1S/C20H26O5/c1-12-16(22)9-20-11-25-18(23)14(20)3-4-15(21)17(20)19(12,2)7-5-13-6-8-24-10-13/h3,6,8,10,12,15-17,21-22H,4-5,7,9,11H2,1-2H3/t12-,15+,16-,17-,19+,20-/m1/s1. The van der Waals surface area contributed by atoms with E-state index in [0.29, 0.717) is 18.4 Å². The predicted octanol–water partition coefficient (Wildman–Crippen LogP) is 2.47. The highest BCUT2D eigenvalue weighted by Gasteiger charge is 2.65. The second-order valence-corrected chi connectivity index (χ2v) is 8.33. The van der Waals surface area contributed by atoms with Gasteiger partial charge in [-0.3, -0.25) is 0 Å². The molecule has 5 heteroatoms. The van der Waals surface area contributed by atoms with Crippen molar-refractivity contribution in [3.63, 3.8) is 0 Å². The van der Waals surface area contributed by atoms with Crippen molar-refractivity contribution in [3.8, 4) is 0 Å². The Morgan fingerprint density at radius 3 is 2.84 bits per heavy atom. The van der Waals surface area contributed by atoms with Crippen LogP contribution in [0.2, 0.25) is 0 Å². The maximum atomic E-state index is 12.2. The molecule has 2 fully saturated rings. The molecule has 1 spiro atoms. The molecule has 3 aliphatic rings. The van der Waals surface area contributed by atoms with E-state index >= 15 is 0 Å². The molecule has 0 amide bonds. The lowest BCUT2D eigenvalue weighted by molar-refractivity contribution is -0.162. The Morgan fingerprint density at radius 2 is 2.12 bits per heavy atom. The van der Waals surface area contributed by atoms with E-state index in [4.69, 9.17) is 9.15 Å². The minimum absolute atomic E-state index is 0.0275. The lowest BCUT2D eigenvalue weighted by Crippen LogP contribution is -2.60. The molecular weight excluding hydrogens is 320 g/mol. The first-order valence-corrected chi connectivity index (χ1v) is 9.13. The van der Waals surface area contributed by atoms with Crippen molar-refractivity contribution < 1.29 is 24.2 Å². The van der Waals surface area contributed by atoms with Gasteiger partial charge < -0.3 is 19.4 Å². The molecule has 2 heterocycles. The van der Waals surface area contributed by atoms with Gasteiger partial charge in [-0.2, -0.15) is 0 Å². The molecule has 0 bridgehead atoms. The molecule has 25 heavy (non-hydrogen) atoms. The van der Waals surface area contributed by atoms with E-state index in [-0.39, 0.29) is 29.8 Å². The third-order valence-corrected chi connectivity index (χ3v) is 7.19. The minimum atomic E-state index is -0.564. The summed E-state index contributed by atoms with van der Waals surface area (Å²) in [6, 6.07) is 1.95. The number of carbonyl (C=O) groups excluding carboxylic acids is 1. The van der Waals surface area contributed by atoms with E-state index in [0.717, 1.165) is 18.4 Å². The third kappa shape index (κ3) is 2.32. The molecule has 136 valence electrons. The Hall–Kier alpha value is -1.59. The van der Waals surface area contributed by atoms with Crippen LogP contribution in [0.15, 0.2) is 34.7 Å². The molecule has 1 saturated carbocycles. The van der Waals surface area contributed by atoms with Crippen LogP contribution in [0.5, 0.6) is 0 Å². The Labute approximate surface area is 147 Å². The number of furan rings is 1. The summed E-state index contributed by atoms with van der Waals surface area (Å²) >= 11 is 0. The largest absolute Gasteiger partial charge is 0.472 e. The lowest BCUT2D eigenvalue weighted by atomic mass is 9.45. The van der Waals surface area contributed by atoms with Gasteiger partial charge in [-0.25, -0.2) is 4.79 Å². The van der Waals surface area contributed by atoms with Gasteiger partial charge in [0.05, 0.1) is 24.7 Å². The van der Waals surface area contributed by atoms with Crippen LogP contribution in [0.1, 0.15) is 38.7 Å². The molecular formula is C20H26O5. The van der Waals surface area contributed by atoms with E-state index in [9.17, 15) is 15.0 Å². The van der Waals surface area contributed by atoms with E-state index in [2.05, 4.69) is 13.8 Å². The topological polar surface area (TPSA) is 79.9 Å². The van der Waals surface area contributed by atoms with Gasteiger partial charge in [0.1, 0.15) is 6.61 Å². The van der Waals surface area contributed by atoms with Crippen LogP contribution in [0.3, 0.4) is 0 Å². The second-order valence-electron chi connectivity index (χ2n) is 8.33. The monoisotopic (exact) mass is 346 g/mol. The molecule has 0 radical (unpaired) electrons. The third-order valence-electron chi connectivity index (χ3n) is 7.19. The number of carbonyl (C=O) groups is 1. The number of aliphatic hydroxyl groups is 2. The van der Waals surface area contributed by atoms with Crippen LogP contribution in [-0.4, -0.2) is 35.0 Å². The fraction of sp³-hybridized carbons (Fsp3) is 0.650. The zero-order valence-electron chi connectivity index (χ0n) is 14.8. The van der Waals surface area contributed by atoms with E-state index < -0.39 is 17.6 Å². The SMILES string of the molecule is C[C@@H]1[C@H](O)C[C@@]23COC(=O)C2=CC[C@H](O)[C@@H]3[C@@]1(C)CCc1ccoc1. The summed E-state index contributed by atoms with van der Waals surface area (Å²) in [6.45, 7) is 4.49. The summed E-state index contributed by atoms with van der Waals surface area (Å²) in [6.07, 6.45) is 6.78. The molecule has 1 aliphatic heterocycles. The van der Waals surface area contributed by atoms with Crippen molar-refractivity contribution in [2.75, 3.05) is 6.61 Å². The lowest BCUT2D eigenvalue weighted by Gasteiger charge is -2.59. The van der Waals surface area contributed by atoms with Gasteiger partial charge in [0.15, 0.2) is 0 Å². The maximum Gasteiger partial charge on any atom is 0.334 e. The van der Waals surface area contributed by atoms with Crippen molar-refractivity contribution >= 4 is 5.97 Å². The quantitative estimate of drug-likeness (QED) is 0.822. The van der Waals surface area contributed by atoms with Crippen LogP contribution in [-0.2, 0) is 16.0 Å². The summed E-state index contributed by atoms with van der Waals surface area (Å²) < 4.78 is 10.6. The smallest absolute Gasteiger partial charge is 0.334 e. The number of rotatable bonds is 3. The normalized spacial score (nSPS) is 43.2. The first-order chi connectivity index (χ1) is 11.9. The molecule has 6 atom stereocenters. The summed E-state index contributed by atoms with van der Waals surface area (Å²) in [7, 11) is 0. The van der Waals surface area contributed by atoms with Gasteiger partial charge in [-0.1, -0.05) is 19.9 Å². The van der Waals surface area contributed by atoms with Gasteiger partial charge in [-0.15, -0.1) is 0 Å². The molecule has 1 aromatic rings. The second kappa shape index (κ2) is 5.71. The zero-order chi connectivity index (χ0) is 17.8. The van der Waals surface area contributed by atoms with E-state index in [1.54, 1.807) is 12.5 Å². The first-order valence-electron chi connectivity index (χ1n) is 9.13. The van der Waals surface area contributed by atoms with Crippen molar-refractivity contribution in [2.24, 2.45) is 22.7 Å². The number of cyclic esters (lactones) is 1. The van der Waals surface area contributed by atoms with Crippen LogP contribution >= 0.6 is 0 Å². The molecule has 1 aromatic heterocycles. The van der Waals surface area contributed by atoms with Crippen molar-refractivity contribution in [1.29, 1.82) is 0 Å². The van der Waals surface area contributed by atoms with Gasteiger partial charge in [0.2, 0.25) is 0 Å². The number of aliphatic hydroxyl groups excluding tert-OH is 2. The molecule has 0 unspecified atom stereocenters. The van der Waals surface area contributed by atoms with Gasteiger partial charge in [-0.05, 0) is 48.6 Å². The average Bonchev–Trinajstić information content (AvgIpc) is 3.19. The Kier molecular flexibility index (Phi) is 3.85. The molecule has 2 aliphatic carbocycles.